The lowest BCUT2D eigenvalue weighted by Crippen LogP contribution is -2.34. The Balaban J connectivity index is 1.81. The van der Waals surface area contributed by atoms with Crippen LogP contribution in [0.4, 0.5) is 0 Å². The van der Waals surface area contributed by atoms with E-state index in [1.165, 1.54) is 12.5 Å². The molecule has 0 spiro atoms. The summed E-state index contributed by atoms with van der Waals surface area (Å²) in [5.41, 5.74) is 3.17. The van der Waals surface area contributed by atoms with E-state index in [9.17, 15) is 9.59 Å². The van der Waals surface area contributed by atoms with Crippen LogP contribution in [0.3, 0.4) is 0 Å². The smallest absolute Gasteiger partial charge is 0.222 e. The summed E-state index contributed by atoms with van der Waals surface area (Å²) in [4.78, 5) is 23.6. The van der Waals surface area contributed by atoms with Crippen molar-refractivity contribution in [2.75, 3.05) is 13.2 Å². The van der Waals surface area contributed by atoms with Crippen LogP contribution in [0, 0.1) is 13.8 Å². The summed E-state index contributed by atoms with van der Waals surface area (Å²) in [5, 5.41) is 5.67. The molecule has 2 aromatic rings. The fourth-order valence-corrected chi connectivity index (χ4v) is 2.75. The molecular weight excluding hydrogens is 328 g/mol. The minimum atomic E-state index is -0.339. The van der Waals surface area contributed by atoms with Crippen LogP contribution < -0.4 is 15.4 Å². The highest BCUT2D eigenvalue weighted by Crippen LogP contribution is 2.18. The van der Waals surface area contributed by atoms with E-state index in [1.807, 2.05) is 56.3 Å². The average molecular weight is 354 g/mol. The van der Waals surface area contributed by atoms with Gasteiger partial charge in [0.15, 0.2) is 0 Å². The molecule has 5 heteroatoms. The number of carbonyl (C=O) groups is 2. The molecule has 5 nitrogen and oxygen atoms in total. The number of ether oxygens (including phenoxy) is 1. The van der Waals surface area contributed by atoms with Crippen molar-refractivity contribution in [2.45, 2.75) is 33.2 Å². The van der Waals surface area contributed by atoms with Crippen LogP contribution in [-0.4, -0.2) is 25.0 Å². The van der Waals surface area contributed by atoms with E-state index < -0.39 is 0 Å². The highest BCUT2D eigenvalue weighted by atomic mass is 16.5. The highest BCUT2D eigenvalue weighted by Gasteiger charge is 2.16. The van der Waals surface area contributed by atoms with Crippen LogP contribution >= 0.6 is 0 Å². The van der Waals surface area contributed by atoms with E-state index in [1.54, 1.807) is 0 Å². The Morgan fingerprint density at radius 2 is 1.81 bits per heavy atom. The van der Waals surface area contributed by atoms with Crippen LogP contribution in [0.1, 0.15) is 36.1 Å². The van der Waals surface area contributed by atoms with Gasteiger partial charge in [-0.05, 0) is 31.0 Å². The molecule has 0 heterocycles. The monoisotopic (exact) mass is 354 g/mol. The Labute approximate surface area is 154 Å². The van der Waals surface area contributed by atoms with Crippen molar-refractivity contribution >= 4 is 11.8 Å². The number of hydrogen-bond donors (Lipinski definition) is 2. The molecule has 1 atom stereocenters. The molecule has 2 aromatic carbocycles. The second kappa shape index (κ2) is 9.61. The fraction of sp³-hybridized carbons (Fsp3) is 0.333. The summed E-state index contributed by atoms with van der Waals surface area (Å²) >= 11 is 0. The van der Waals surface area contributed by atoms with Crippen molar-refractivity contribution in [1.29, 1.82) is 0 Å². The number of nitrogens with one attached hydrogen (secondary N) is 2. The summed E-state index contributed by atoms with van der Waals surface area (Å²) < 4.78 is 5.71. The summed E-state index contributed by atoms with van der Waals surface area (Å²) in [6.07, 6.45) is 0.188. The van der Waals surface area contributed by atoms with E-state index in [0.29, 0.717) is 13.2 Å². The summed E-state index contributed by atoms with van der Waals surface area (Å²) in [6, 6.07) is 15.1. The molecule has 0 bridgehead atoms. The van der Waals surface area contributed by atoms with Crippen molar-refractivity contribution in [3.8, 4) is 5.75 Å². The van der Waals surface area contributed by atoms with E-state index in [0.717, 1.165) is 16.9 Å². The van der Waals surface area contributed by atoms with Gasteiger partial charge in [-0.25, -0.2) is 0 Å². The summed E-state index contributed by atoms with van der Waals surface area (Å²) in [6.45, 7) is 6.29. The second-order valence-electron chi connectivity index (χ2n) is 6.34. The van der Waals surface area contributed by atoms with E-state index >= 15 is 0 Å². The number of rotatable bonds is 8. The Hall–Kier alpha value is -2.82. The van der Waals surface area contributed by atoms with Crippen molar-refractivity contribution in [2.24, 2.45) is 0 Å². The molecule has 2 rings (SSSR count). The Kier molecular flexibility index (Phi) is 7.21. The first-order valence-corrected chi connectivity index (χ1v) is 8.74. The largest absolute Gasteiger partial charge is 0.491 e. The van der Waals surface area contributed by atoms with Crippen LogP contribution in [-0.2, 0) is 9.59 Å². The zero-order valence-corrected chi connectivity index (χ0v) is 15.5. The molecule has 0 radical (unpaired) electrons. The van der Waals surface area contributed by atoms with Gasteiger partial charge in [0.25, 0.3) is 0 Å². The molecule has 0 aromatic heterocycles. The third kappa shape index (κ3) is 6.24. The Morgan fingerprint density at radius 3 is 2.46 bits per heavy atom. The van der Waals surface area contributed by atoms with Crippen LogP contribution in [0.5, 0.6) is 5.75 Å². The molecule has 0 aliphatic heterocycles. The molecule has 0 aliphatic carbocycles. The molecule has 0 fully saturated rings. The van der Waals surface area contributed by atoms with Gasteiger partial charge in [-0.1, -0.05) is 48.0 Å². The second-order valence-corrected chi connectivity index (χ2v) is 6.34. The highest BCUT2D eigenvalue weighted by molar-refractivity contribution is 5.79. The third-order valence-corrected chi connectivity index (χ3v) is 3.98. The van der Waals surface area contributed by atoms with Crippen molar-refractivity contribution in [3.63, 3.8) is 0 Å². The van der Waals surface area contributed by atoms with Gasteiger partial charge < -0.3 is 15.4 Å². The van der Waals surface area contributed by atoms with E-state index in [-0.39, 0.29) is 24.3 Å². The van der Waals surface area contributed by atoms with Gasteiger partial charge in [0, 0.05) is 6.92 Å². The molecule has 0 saturated heterocycles. The quantitative estimate of drug-likeness (QED) is 0.716. The number of hydrogen-bond acceptors (Lipinski definition) is 3. The molecule has 138 valence electrons. The average Bonchev–Trinajstić information content (AvgIpc) is 2.60. The molecule has 0 saturated carbocycles. The zero-order valence-electron chi connectivity index (χ0n) is 15.5. The first-order chi connectivity index (χ1) is 12.5. The maximum Gasteiger partial charge on any atom is 0.222 e. The molecular formula is C21H26N2O3. The van der Waals surface area contributed by atoms with E-state index in [2.05, 4.69) is 16.7 Å². The van der Waals surface area contributed by atoms with Crippen LogP contribution in [0.2, 0.25) is 0 Å². The lowest BCUT2D eigenvalue weighted by atomic mass is 10.0. The number of aryl methyl sites for hydroxylation is 2. The zero-order chi connectivity index (χ0) is 18.9. The SMILES string of the molecule is CC(=O)N[C@H](CC(=O)NCCOc1ccc(C)cc1C)c1ccccc1. The van der Waals surface area contributed by atoms with Gasteiger partial charge in [0.2, 0.25) is 11.8 Å². The maximum absolute atomic E-state index is 12.2. The minimum Gasteiger partial charge on any atom is -0.491 e. The molecule has 2 amide bonds. The predicted molar refractivity (Wildman–Crippen MR) is 102 cm³/mol. The van der Waals surface area contributed by atoms with Gasteiger partial charge in [0.05, 0.1) is 19.0 Å². The lowest BCUT2D eigenvalue weighted by Gasteiger charge is -2.18. The standard InChI is InChI=1S/C21H26N2O3/c1-15-9-10-20(16(2)13-15)26-12-11-22-21(25)14-19(23-17(3)24)18-7-5-4-6-8-18/h4-10,13,19H,11-12,14H2,1-3H3,(H,22,25)(H,23,24)/t19-/m1/s1. The minimum absolute atomic E-state index is 0.128. The Morgan fingerprint density at radius 1 is 1.08 bits per heavy atom. The van der Waals surface area contributed by atoms with Gasteiger partial charge in [-0.15, -0.1) is 0 Å². The first kappa shape index (κ1) is 19.5. The van der Waals surface area contributed by atoms with Crippen molar-refractivity contribution in [1.82, 2.24) is 10.6 Å². The number of amides is 2. The van der Waals surface area contributed by atoms with Gasteiger partial charge in [0.1, 0.15) is 12.4 Å². The fourth-order valence-electron chi connectivity index (χ4n) is 2.75. The van der Waals surface area contributed by atoms with Crippen molar-refractivity contribution < 1.29 is 14.3 Å². The molecule has 0 unspecified atom stereocenters. The predicted octanol–water partition coefficient (Wildman–Crippen LogP) is 3.07. The maximum atomic E-state index is 12.2. The molecule has 2 N–H and O–H groups in total. The molecule has 0 aliphatic rings. The molecule has 26 heavy (non-hydrogen) atoms. The topological polar surface area (TPSA) is 67.4 Å². The van der Waals surface area contributed by atoms with Crippen LogP contribution in [0.25, 0.3) is 0 Å². The normalized spacial score (nSPS) is 11.5. The van der Waals surface area contributed by atoms with Gasteiger partial charge >= 0.3 is 0 Å². The Bertz CT molecular complexity index is 744. The van der Waals surface area contributed by atoms with Crippen molar-refractivity contribution in [3.05, 3.63) is 65.2 Å². The van der Waals surface area contributed by atoms with Gasteiger partial charge in [-0.2, -0.15) is 0 Å². The summed E-state index contributed by atoms with van der Waals surface area (Å²) in [5.74, 6) is 0.534. The summed E-state index contributed by atoms with van der Waals surface area (Å²) in [7, 11) is 0. The van der Waals surface area contributed by atoms with Gasteiger partial charge in [-0.3, -0.25) is 9.59 Å². The van der Waals surface area contributed by atoms with Crippen LogP contribution in [0.15, 0.2) is 48.5 Å². The number of benzene rings is 2. The first-order valence-electron chi connectivity index (χ1n) is 8.74. The lowest BCUT2D eigenvalue weighted by molar-refractivity contribution is -0.122. The van der Waals surface area contributed by atoms with E-state index in [4.69, 9.17) is 4.74 Å². The third-order valence-electron chi connectivity index (χ3n) is 3.98. The number of carbonyl (C=O) groups excluding carboxylic acids is 2.